The summed E-state index contributed by atoms with van der Waals surface area (Å²) < 4.78 is 12.4. The number of allylic oxidation sites excluding steroid dienone is 1. The maximum Gasteiger partial charge on any atom is 0.261 e. The van der Waals surface area contributed by atoms with E-state index in [0.29, 0.717) is 13.0 Å². The highest BCUT2D eigenvalue weighted by Crippen LogP contribution is 2.37. The molecule has 4 heteroatoms. The zero-order chi connectivity index (χ0) is 18.6. The fourth-order valence-electron chi connectivity index (χ4n) is 3.64. The van der Waals surface area contributed by atoms with Gasteiger partial charge in [-0.15, -0.1) is 0 Å². The summed E-state index contributed by atoms with van der Waals surface area (Å²) in [6, 6.07) is 21.0. The highest BCUT2D eigenvalue weighted by molar-refractivity contribution is 6.99. The number of benzene rings is 2. The number of hydrogen-bond acceptors (Lipinski definition) is 3. The first-order chi connectivity index (χ1) is 12.4. The predicted octanol–water partition coefficient (Wildman–Crippen LogP) is 3.43. The van der Waals surface area contributed by atoms with E-state index in [0.717, 1.165) is 0 Å². The Hall–Kier alpha value is -2.17. The van der Waals surface area contributed by atoms with Crippen molar-refractivity contribution in [2.75, 3.05) is 6.61 Å². The molecule has 2 aromatic carbocycles. The summed E-state index contributed by atoms with van der Waals surface area (Å²) in [5.41, 5.74) is 0. The molecule has 0 N–H and O–H groups in total. The monoisotopic (exact) mass is 366 g/mol. The molecular weight excluding hydrogens is 340 g/mol. The van der Waals surface area contributed by atoms with Crippen molar-refractivity contribution in [1.29, 1.82) is 0 Å². The average Bonchev–Trinajstić information content (AvgIpc) is 2.63. The van der Waals surface area contributed by atoms with E-state index < -0.39 is 8.32 Å². The van der Waals surface area contributed by atoms with Crippen LogP contribution in [0.5, 0.6) is 0 Å². The molecule has 1 heterocycles. The Kier molecular flexibility index (Phi) is 5.44. The fourth-order valence-corrected chi connectivity index (χ4v) is 8.24. The van der Waals surface area contributed by atoms with E-state index in [1.165, 1.54) is 22.7 Å². The van der Waals surface area contributed by atoms with Gasteiger partial charge in [-0.05, 0) is 15.4 Å². The van der Waals surface area contributed by atoms with Crippen molar-refractivity contribution < 1.29 is 14.0 Å². The van der Waals surface area contributed by atoms with Crippen molar-refractivity contribution >= 4 is 24.5 Å². The molecule has 1 aliphatic heterocycles. The number of ether oxygens (including phenoxy) is 1. The van der Waals surface area contributed by atoms with E-state index in [1.54, 1.807) is 0 Å². The zero-order valence-corrected chi connectivity index (χ0v) is 16.6. The molecular formula is C22H26O3Si. The van der Waals surface area contributed by atoms with Crippen molar-refractivity contribution in [3.05, 3.63) is 73.0 Å². The number of carbonyl (C=O) groups is 1. The summed E-state index contributed by atoms with van der Waals surface area (Å²) in [5, 5.41) is 2.39. The normalized spacial score (nSPS) is 17.8. The molecule has 0 spiro atoms. The Labute approximate surface area is 156 Å². The largest absolute Gasteiger partial charge is 0.495 e. The molecule has 0 saturated carbocycles. The molecule has 0 aromatic heterocycles. The SMILES string of the molecule is CC(C)(C)[Si](OC[C@@H]1CC(=O)C=CO1)(c1ccccc1)c1ccccc1. The molecule has 0 bridgehead atoms. The van der Waals surface area contributed by atoms with Crippen molar-refractivity contribution in [3.63, 3.8) is 0 Å². The van der Waals surface area contributed by atoms with Crippen LogP contribution >= 0.6 is 0 Å². The van der Waals surface area contributed by atoms with Gasteiger partial charge in [-0.2, -0.15) is 0 Å². The first kappa shape index (κ1) is 18.6. The van der Waals surface area contributed by atoms with Crippen LogP contribution in [0.25, 0.3) is 0 Å². The fraction of sp³-hybridized carbons (Fsp3) is 0.318. The van der Waals surface area contributed by atoms with Crippen molar-refractivity contribution in [2.45, 2.75) is 38.3 Å². The van der Waals surface area contributed by atoms with Gasteiger partial charge >= 0.3 is 0 Å². The highest BCUT2D eigenvalue weighted by atomic mass is 28.4. The maximum atomic E-state index is 11.7. The van der Waals surface area contributed by atoms with Crippen molar-refractivity contribution in [3.8, 4) is 0 Å². The van der Waals surface area contributed by atoms with E-state index in [4.69, 9.17) is 9.16 Å². The van der Waals surface area contributed by atoms with E-state index in [1.807, 2.05) is 12.1 Å². The molecule has 0 fully saturated rings. The zero-order valence-electron chi connectivity index (χ0n) is 15.6. The molecule has 136 valence electrons. The third-order valence-corrected chi connectivity index (χ3v) is 9.86. The van der Waals surface area contributed by atoms with Crippen LogP contribution < -0.4 is 10.4 Å². The summed E-state index contributed by atoms with van der Waals surface area (Å²) >= 11 is 0. The van der Waals surface area contributed by atoms with E-state index in [-0.39, 0.29) is 16.9 Å². The Balaban J connectivity index is 2.03. The van der Waals surface area contributed by atoms with Crippen LogP contribution in [0.2, 0.25) is 5.04 Å². The summed E-state index contributed by atoms with van der Waals surface area (Å²) in [4.78, 5) is 11.7. The van der Waals surface area contributed by atoms with E-state index >= 15 is 0 Å². The molecule has 0 aliphatic carbocycles. The summed E-state index contributed by atoms with van der Waals surface area (Å²) in [6.07, 6.45) is 3.12. The smallest absolute Gasteiger partial charge is 0.261 e. The lowest BCUT2D eigenvalue weighted by Crippen LogP contribution is -2.67. The van der Waals surface area contributed by atoms with Gasteiger partial charge in [-0.3, -0.25) is 4.79 Å². The quantitative estimate of drug-likeness (QED) is 0.761. The lowest BCUT2D eigenvalue weighted by Gasteiger charge is -2.43. The molecule has 26 heavy (non-hydrogen) atoms. The second kappa shape index (κ2) is 7.60. The topological polar surface area (TPSA) is 35.5 Å². The Morgan fingerprint density at radius 2 is 1.54 bits per heavy atom. The molecule has 1 atom stereocenters. The minimum Gasteiger partial charge on any atom is -0.495 e. The number of carbonyl (C=O) groups excluding carboxylic acids is 1. The van der Waals surface area contributed by atoms with Gasteiger partial charge in [0.25, 0.3) is 8.32 Å². The summed E-state index contributed by atoms with van der Waals surface area (Å²) in [5.74, 6) is 0.0901. The van der Waals surface area contributed by atoms with Crippen LogP contribution in [-0.4, -0.2) is 26.8 Å². The van der Waals surface area contributed by atoms with Crippen LogP contribution in [0.1, 0.15) is 27.2 Å². The van der Waals surface area contributed by atoms with Gasteiger partial charge in [0, 0.05) is 12.5 Å². The minimum atomic E-state index is -2.57. The summed E-state index contributed by atoms with van der Waals surface area (Å²) in [7, 11) is -2.57. The van der Waals surface area contributed by atoms with E-state index in [9.17, 15) is 4.79 Å². The van der Waals surface area contributed by atoms with Crippen molar-refractivity contribution in [2.24, 2.45) is 0 Å². The maximum absolute atomic E-state index is 11.7. The third kappa shape index (κ3) is 3.66. The number of ketones is 1. The van der Waals surface area contributed by atoms with Crippen molar-refractivity contribution in [1.82, 2.24) is 0 Å². The Morgan fingerprint density at radius 3 is 2.00 bits per heavy atom. The van der Waals surface area contributed by atoms with Gasteiger partial charge in [0.2, 0.25) is 0 Å². The Bertz CT molecular complexity index is 723. The number of hydrogen-bond donors (Lipinski definition) is 0. The molecule has 0 amide bonds. The van der Waals surface area contributed by atoms with Gasteiger partial charge < -0.3 is 9.16 Å². The molecule has 0 saturated heterocycles. The van der Waals surface area contributed by atoms with Gasteiger partial charge in [0.05, 0.1) is 12.9 Å². The van der Waals surface area contributed by atoms with Gasteiger partial charge in [-0.25, -0.2) is 0 Å². The number of rotatable bonds is 5. The lowest BCUT2D eigenvalue weighted by molar-refractivity contribution is -0.118. The van der Waals surface area contributed by atoms with Crippen LogP contribution in [0.15, 0.2) is 73.0 Å². The average molecular weight is 367 g/mol. The second-order valence-electron chi connectivity index (χ2n) is 7.71. The lowest BCUT2D eigenvalue weighted by atomic mass is 10.1. The minimum absolute atomic E-state index is 0.0791. The first-order valence-electron chi connectivity index (χ1n) is 9.03. The third-order valence-electron chi connectivity index (χ3n) is 4.86. The van der Waals surface area contributed by atoms with Gasteiger partial charge in [0.1, 0.15) is 6.10 Å². The predicted molar refractivity (Wildman–Crippen MR) is 107 cm³/mol. The molecule has 0 radical (unpaired) electrons. The summed E-state index contributed by atoms with van der Waals surface area (Å²) in [6.45, 7) is 7.13. The second-order valence-corrected chi connectivity index (χ2v) is 12.0. The molecule has 2 aromatic rings. The standard InChI is InChI=1S/C22H26O3Si/c1-22(2,3)26(20-10-6-4-7-11-20,21-12-8-5-9-13-21)25-17-19-16-18(23)14-15-24-19/h4-15,19H,16-17H2,1-3H3/t19-/m0/s1. The van der Waals surface area contributed by atoms with Crippen LogP contribution in [0, 0.1) is 0 Å². The van der Waals surface area contributed by atoms with Gasteiger partial charge in [0.15, 0.2) is 5.78 Å². The van der Waals surface area contributed by atoms with E-state index in [2.05, 4.69) is 69.3 Å². The van der Waals surface area contributed by atoms with Crippen LogP contribution in [0.4, 0.5) is 0 Å². The molecule has 3 rings (SSSR count). The van der Waals surface area contributed by atoms with Crippen LogP contribution in [0.3, 0.4) is 0 Å². The van der Waals surface area contributed by atoms with Crippen LogP contribution in [-0.2, 0) is 14.0 Å². The highest BCUT2D eigenvalue weighted by Gasteiger charge is 2.50. The molecule has 3 nitrogen and oxygen atoms in total. The Morgan fingerprint density at radius 1 is 1.00 bits per heavy atom. The molecule has 1 aliphatic rings. The van der Waals surface area contributed by atoms with Gasteiger partial charge in [-0.1, -0.05) is 81.4 Å². The molecule has 0 unspecified atom stereocenters. The first-order valence-corrected chi connectivity index (χ1v) is 10.9.